The van der Waals surface area contributed by atoms with Crippen molar-refractivity contribution in [2.24, 2.45) is 0 Å². The van der Waals surface area contributed by atoms with E-state index in [9.17, 15) is 0 Å². The Morgan fingerprint density at radius 3 is 1.20 bits per heavy atom. The van der Waals surface area contributed by atoms with Crippen LogP contribution in [-0.2, 0) is 32.1 Å². The number of anilines is 2. The van der Waals surface area contributed by atoms with Gasteiger partial charge in [0.1, 0.15) is 0 Å². The highest BCUT2D eigenvalue weighted by Crippen LogP contribution is 2.23. The van der Waals surface area contributed by atoms with Crippen LogP contribution < -0.4 is 11.5 Å². The van der Waals surface area contributed by atoms with Crippen LogP contribution >= 0.6 is 0 Å². The fourth-order valence-corrected chi connectivity index (χ4v) is 6.04. The summed E-state index contributed by atoms with van der Waals surface area (Å²) in [5.74, 6) is 0. The van der Waals surface area contributed by atoms with Crippen molar-refractivity contribution in [2.75, 3.05) is 11.5 Å². The van der Waals surface area contributed by atoms with Crippen LogP contribution in [0.4, 0.5) is 11.4 Å². The lowest BCUT2D eigenvalue weighted by Crippen LogP contribution is -2.00. The van der Waals surface area contributed by atoms with E-state index in [0.717, 1.165) is 43.5 Å². The van der Waals surface area contributed by atoms with E-state index in [1.807, 2.05) is 24.3 Å². The average molecular weight is 581 g/mol. The van der Waals surface area contributed by atoms with Crippen LogP contribution in [0, 0.1) is 0 Å². The van der Waals surface area contributed by atoms with Crippen LogP contribution in [0.1, 0.15) is 95.5 Å². The predicted molar refractivity (Wildman–Crippen MR) is 189 cm³/mol. The molecule has 44 heavy (non-hydrogen) atoms. The van der Waals surface area contributed by atoms with Gasteiger partial charge in [0.15, 0.2) is 0 Å². The Kier molecular flexibility index (Phi) is 11.3. The Morgan fingerprint density at radius 1 is 0.364 bits per heavy atom. The first kappa shape index (κ1) is 31.1. The van der Waals surface area contributed by atoms with E-state index in [2.05, 4.69) is 97.9 Å². The summed E-state index contributed by atoms with van der Waals surface area (Å²) in [7, 11) is 0. The Balaban J connectivity index is 1.20. The van der Waals surface area contributed by atoms with Gasteiger partial charge in [-0.2, -0.15) is 0 Å². The van der Waals surface area contributed by atoms with Crippen LogP contribution in [0.3, 0.4) is 0 Å². The van der Waals surface area contributed by atoms with Gasteiger partial charge in [0.05, 0.1) is 0 Å². The third-order valence-corrected chi connectivity index (χ3v) is 8.70. The van der Waals surface area contributed by atoms with Crippen LogP contribution in [0.15, 0.2) is 115 Å². The second-order valence-electron chi connectivity index (χ2n) is 12.4. The van der Waals surface area contributed by atoms with Gasteiger partial charge in [0.25, 0.3) is 0 Å². The summed E-state index contributed by atoms with van der Waals surface area (Å²) in [5, 5.41) is 0. The van der Waals surface area contributed by atoms with Crippen molar-refractivity contribution in [3.8, 4) is 0 Å². The highest BCUT2D eigenvalue weighted by atomic mass is 14.5. The molecule has 0 amide bonds. The summed E-state index contributed by atoms with van der Waals surface area (Å²) in [5.41, 5.74) is 25.7. The molecule has 0 spiro atoms. The molecule has 0 heterocycles. The molecule has 5 aromatic rings. The molecule has 4 N–H and O–H groups in total. The van der Waals surface area contributed by atoms with Crippen LogP contribution in [-0.4, -0.2) is 0 Å². The SMILES string of the molecule is CCCCCCCCc1cc(Cc2ccc(Cc3ccc(Cc4ccc(N)cc4)cc3)cc2)ccc1Cc1ccc(N)cc1. The van der Waals surface area contributed by atoms with Crippen molar-refractivity contribution in [1.82, 2.24) is 0 Å². The van der Waals surface area contributed by atoms with E-state index in [1.54, 1.807) is 0 Å². The second kappa shape index (κ2) is 16.0. The number of nitrogen functional groups attached to an aromatic ring is 2. The third kappa shape index (κ3) is 9.61. The van der Waals surface area contributed by atoms with Crippen LogP contribution in [0.2, 0.25) is 0 Å². The summed E-state index contributed by atoms with van der Waals surface area (Å²) < 4.78 is 0. The molecule has 5 rings (SSSR count). The van der Waals surface area contributed by atoms with E-state index in [-0.39, 0.29) is 0 Å². The van der Waals surface area contributed by atoms with Gasteiger partial charge < -0.3 is 11.5 Å². The normalized spacial score (nSPS) is 11.1. The second-order valence-corrected chi connectivity index (χ2v) is 12.4. The number of benzene rings is 5. The van der Waals surface area contributed by atoms with Crippen molar-refractivity contribution in [1.29, 1.82) is 0 Å². The van der Waals surface area contributed by atoms with Gasteiger partial charge in [-0.05, 0) is 113 Å². The minimum atomic E-state index is 0.812. The van der Waals surface area contributed by atoms with E-state index in [4.69, 9.17) is 11.5 Å². The quantitative estimate of drug-likeness (QED) is 0.0956. The molecule has 0 aliphatic heterocycles. The molecule has 0 bridgehead atoms. The third-order valence-electron chi connectivity index (χ3n) is 8.70. The van der Waals surface area contributed by atoms with Gasteiger partial charge in [0, 0.05) is 11.4 Å². The van der Waals surface area contributed by atoms with Gasteiger partial charge in [-0.25, -0.2) is 0 Å². The fraction of sp³-hybridized carbons (Fsp3) is 0.286. The van der Waals surface area contributed by atoms with Crippen molar-refractivity contribution in [3.63, 3.8) is 0 Å². The standard InChI is InChI=1S/C42H48N2/c1-2-3-4-5-6-7-8-39-31-38(17-22-40(39)30-37-20-25-42(44)26-21-37)29-35-15-13-33(14-16-35)27-32-9-11-34(12-10-32)28-36-18-23-41(43)24-19-36/h9-26,31H,2-8,27-30,43-44H2,1H3. The zero-order valence-corrected chi connectivity index (χ0v) is 26.4. The Hall–Kier alpha value is -4.30. The van der Waals surface area contributed by atoms with E-state index in [0.29, 0.717) is 0 Å². The topological polar surface area (TPSA) is 52.0 Å². The number of hydrogen-bond acceptors (Lipinski definition) is 2. The Bertz CT molecular complexity index is 1560. The lowest BCUT2D eigenvalue weighted by atomic mass is 9.92. The van der Waals surface area contributed by atoms with E-state index < -0.39 is 0 Å². The van der Waals surface area contributed by atoms with Gasteiger partial charge in [-0.15, -0.1) is 0 Å². The summed E-state index contributed by atoms with van der Waals surface area (Å²) in [6.07, 6.45) is 12.9. The molecule has 2 heteroatoms. The smallest absolute Gasteiger partial charge is 0.0314 e. The van der Waals surface area contributed by atoms with Gasteiger partial charge >= 0.3 is 0 Å². The molecule has 0 atom stereocenters. The molecule has 5 aromatic carbocycles. The summed E-state index contributed by atoms with van der Waals surface area (Å²) >= 11 is 0. The first-order chi connectivity index (χ1) is 21.5. The first-order valence-electron chi connectivity index (χ1n) is 16.5. The number of rotatable bonds is 15. The molecule has 0 aliphatic rings. The summed E-state index contributed by atoms with van der Waals surface area (Å²) in [6, 6.07) is 41.9. The Morgan fingerprint density at radius 2 is 0.727 bits per heavy atom. The number of aryl methyl sites for hydroxylation is 1. The van der Waals surface area contributed by atoms with E-state index in [1.165, 1.54) is 88.6 Å². The zero-order chi connectivity index (χ0) is 30.6. The van der Waals surface area contributed by atoms with E-state index >= 15 is 0 Å². The van der Waals surface area contributed by atoms with Gasteiger partial charge in [-0.3, -0.25) is 0 Å². The lowest BCUT2D eigenvalue weighted by molar-refractivity contribution is 0.606. The number of hydrogen-bond donors (Lipinski definition) is 2. The van der Waals surface area contributed by atoms with Crippen LogP contribution in [0.25, 0.3) is 0 Å². The molecule has 0 fully saturated rings. The maximum absolute atomic E-state index is 5.94. The highest BCUT2D eigenvalue weighted by molar-refractivity contribution is 5.44. The predicted octanol–water partition coefficient (Wildman–Crippen LogP) is 10.1. The summed E-state index contributed by atoms with van der Waals surface area (Å²) in [6.45, 7) is 2.28. The first-order valence-corrected chi connectivity index (χ1v) is 16.5. The number of unbranched alkanes of at least 4 members (excludes halogenated alkanes) is 5. The van der Waals surface area contributed by atoms with Crippen molar-refractivity contribution in [2.45, 2.75) is 77.6 Å². The molecule has 0 unspecified atom stereocenters. The lowest BCUT2D eigenvalue weighted by Gasteiger charge is -2.13. The minimum absolute atomic E-state index is 0.812. The molecule has 2 nitrogen and oxygen atoms in total. The number of nitrogens with two attached hydrogens (primary N) is 2. The molecule has 226 valence electrons. The maximum Gasteiger partial charge on any atom is 0.0314 e. The maximum atomic E-state index is 5.94. The van der Waals surface area contributed by atoms with Crippen molar-refractivity contribution >= 4 is 11.4 Å². The molecular formula is C42H48N2. The fourth-order valence-electron chi connectivity index (χ4n) is 6.04. The van der Waals surface area contributed by atoms with Crippen LogP contribution in [0.5, 0.6) is 0 Å². The molecular weight excluding hydrogens is 532 g/mol. The molecule has 0 radical (unpaired) electrons. The van der Waals surface area contributed by atoms with Gasteiger partial charge in [-0.1, -0.05) is 130 Å². The Labute approximate surface area is 265 Å². The van der Waals surface area contributed by atoms with Crippen molar-refractivity contribution < 1.29 is 0 Å². The minimum Gasteiger partial charge on any atom is -0.399 e. The largest absolute Gasteiger partial charge is 0.399 e. The molecule has 0 saturated heterocycles. The molecule has 0 saturated carbocycles. The highest BCUT2D eigenvalue weighted by Gasteiger charge is 2.08. The monoisotopic (exact) mass is 580 g/mol. The summed E-state index contributed by atoms with van der Waals surface area (Å²) in [4.78, 5) is 0. The molecule has 0 aromatic heterocycles. The van der Waals surface area contributed by atoms with Gasteiger partial charge in [0.2, 0.25) is 0 Å². The average Bonchev–Trinajstić information content (AvgIpc) is 3.04. The molecule has 0 aliphatic carbocycles. The van der Waals surface area contributed by atoms with Crippen molar-refractivity contribution in [3.05, 3.63) is 165 Å². The zero-order valence-electron chi connectivity index (χ0n) is 26.4.